The number of halogens is 4. The van der Waals surface area contributed by atoms with Crippen molar-refractivity contribution in [3.05, 3.63) is 35.4 Å². The maximum atomic E-state index is 12.4. The second-order valence-corrected chi connectivity index (χ2v) is 8.77. The number of alkyl halides is 4. The van der Waals surface area contributed by atoms with Gasteiger partial charge in [-0.15, -0.1) is 0 Å². The first-order valence-corrected chi connectivity index (χ1v) is 11.4. The van der Waals surface area contributed by atoms with Gasteiger partial charge in [-0.3, -0.25) is 4.79 Å². The van der Waals surface area contributed by atoms with Crippen LogP contribution >= 0.6 is 28.1 Å². The zero-order valence-electron chi connectivity index (χ0n) is 19.3. The SMILES string of the molecule is CN(C)/C=N/C(=S)NCCCNC(=O)OC(C)(C)C.O=C(CBr)c1ccccc1C(F)(F)F. The van der Waals surface area contributed by atoms with E-state index in [-0.39, 0.29) is 10.9 Å². The highest BCUT2D eigenvalue weighted by atomic mass is 79.9. The van der Waals surface area contributed by atoms with Crippen molar-refractivity contribution in [2.45, 2.75) is 39.0 Å². The lowest BCUT2D eigenvalue weighted by Crippen LogP contribution is -2.34. The van der Waals surface area contributed by atoms with Gasteiger partial charge in [0.1, 0.15) is 5.60 Å². The van der Waals surface area contributed by atoms with E-state index in [1.165, 1.54) is 18.2 Å². The molecular weight excluding hydrogens is 525 g/mol. The molecule has 0 aromatic heterocycles. The number of carbonyl (C=O) groups excluding carboxylic acids is 2. The summed E-state index contributed by atoms with van der Waals surface area (Å²) in [5.41, 5.74) is -1.65. The van der Waals surface area contributed by atoms with Gasteiger partial charge >= 0.3 is 12.3 Å². The normalized spacial score (nSPS) is 11.3. The Morgan fingerprint density at radius 3 is 2.24 bits per heavy atom. The molecular formula is C21H30BrF3N4O3S. The molecule has 0 saturated heterocycles. The predicted molar refractivity (Wildman–Crippen MR) is 131 cm³/mol. The van der Waals surface area contributed by atoms with Crippen molar-refractivity contribution in [3.63, 3.8) is 0 Å². The van der Waals surface area contributed by atoms with Gasteiger partial charge in [0.05, 0.1) is 17.2 Å². The number of hydrogen-bond donors (Lipinski definition) is 2. The number of thiocarbonyl (C=S) groups is 1. The second kappa shape index (κ2) is 14.8. The van der Waals surface area contributed by atoms with Gasteiger partial charge in [0.15, 0.2) is 10.9 Å². The minimum Gasteiger partial charge on any atom is -0.444 e. The maximum absolute atomic E-state index is 12.4. The fourth-order valence-electron chi connectivity index (χ4n) is 2.05. The van der Waals surface area contributed by atoms with Crippen molar-refractivity contribution >= 4 is 51.5 Å². The fraction of sp³-hybridized carbons (Fsp3) is 0.524. The number of aliphatic imine (C=N–C) groups is 1. The summed E-state index contributed by atoms with van der Waals surface area (Å²) < 4.78 is 42.2. The van der Waals surface area contributed by atoms with E-state index < -0.39 is 29.2 Å². The van der Waals surface area contributed by atoms with Gasteiger partial charge < -0.3 is 20.3 Å². The summed E-state index contributed by atoms with van der Waals surface area (Å²) in [5, 5.41) is 5.97. The van der Waals surface area contributed by atoms with Crippen molar-refractivity contribution in [2.24, 2.45) is 4.99 Å². The lowest BCUT2D eigenvalue weighted by Gasteiger charge is -2.19. The molecule has 1 rings (SSSR count). The number of hydrogen-bond acceptors (Lipinski definition) is 4. The van der Waals surface area contributed by atoms with Crippen LogP contribution in [0.2, 0.25) is 0 Å². The van der Waals surface area contributed by atoms with Crippen LogP contribution in [0.15, 0.2) is 29.3 Å². The summed E-state index contributed by atoms with van der Waals surface area (Å²) in [7, 11) is 3.74. The Kier molecular flexibility index (Phi) is 13.8. The lowest BCUT2D eigenvalue weighted by molar-refractivity contribution is -0.137. The Morgan fingerprint density at radius 2 is 1.73 bits per heavy atom. The molecule has 0 unspecified atom stereocenters. The molecule has 0 bridgehead atoms. The third-order valence-corrected chi connectivity index (χ3v) is 4.12. The second-order valence-electron chi connectivity index (χ2n) is 7.82. The third-order valence-electron chi connectivity index (χ3n) is 3.36. The Bertz CT molecular complexity index is 813. The molecule has 2 N–H and O–H groups in total. The molecule has 0 spiro atoms. The number of amides is 1. The highest BCUT2D eigenvalue weighted by Crippen LogP contribution is 2.32. The number of ether oxygens (including phenoxy) is 1. The van der Waals surface area contributed by atoms with Gasteiger partial charge in [-0.25, -0.2) is 9.79 Å². The monoisotopic (exact) mass is 554 g/mol. The Morgan fingerprint density at radius 1 is 1.15 bits per heavy atom. The largest absolute Gasteiger partial charge is 0.444 e. The quantitative estimate of drug-likeness (QED) is 0.127. The zero-order valence-corrected chi connectivity index (χ0v) is 21.7. The highest BCUT2D eigenvalue weighted by molar-refractivity contribution is 9.09. The van der Waals surface area contributed by atoms with Crippen molar-refractivity contribution in [3.8, 4) is 0 Å². The number of alkyl carbamates (subject to hydrolysis) is 1. The minimum atomic E-state index is -4.48. The smallest absolute Gasteiger partial charge is 0.417 e. The Hall–Kier alpha value is -2.21. The number of nitrogens with one attached hydrogen (secondary N) is 2. The van der Waals surface area contributed by atoms with Gasteiger partial charge in [0, 0.05) is 32.7 Å². The van der Waals surface area contributed by atoms with E-state index in [4.69, 9.17) is 17.0 Å². The van der Waals surface area contributed by atoms with Gasteiger partial charge in [0.2, 0.25) is 0 Å². The lowest BCUT2D eigenvalue weighted by atomic mass is 10.0. The van der Waals surface area contributed by atoms with Gasteiger partial charge in [-0.05, 0) is 45.5 Å². The molecule has 7 nitrogen and oxygen atoms in total. The van der Waals surface area contributed by atoms with Crippen LogP contribution in [0.3, 0.4) is 0 Å². The van der Waals surface area contributed by atoms with Crippen molar-refractivity contribution in [1.82, 2.24) is 15.5 Å². The molecule has 0 aliphatic heterocycles. The topological polar surface area (TPSA) is 83.0 Å². The molecule has 186 valence electrons. The van der Waals surface area contributed by atoms with E-state index in [1.54, 1.807) is 11.2 Å². The van der Waals surface area contributed by atoms with E-state index >= 15 is 0 Å². The molecule has 0 atom stereocenters. The van der Waals surface area contributed by atoms with Crippen LogP contribution in [0.1, 0.15) is 43.1 Å². The molecule has 33 heavy (non-hydrogen) atoms. The fourth-order valence-corrected chi connectivity index (χ4v) is 2.50. The number of rotatable bonds is 7. The molecule has 0 radical (unpaired) electrons. The molecule has 0 aliphatic carbocycles. The van der Waals surface area contributed by atoms with Gasteiger partial charge in [-0.1, -0.05) is 34.1 Å². The van der Waals surface area contributed by atoms with Crippen LogP contribution in [0.5, 0.6) is 0 Å². The summed E-state index contributed by atoms with van der Waals surface area (Å²) in [6.07, 6.45) is -2.50. The van der Waals surface area contributed by atoms with E-state index in [1.807, 2.05) is 34.9 Å². The molecule has 1 aromatic carbocycles. The van der Waals surface area contributed by atoms with Crippen molar-refractivity contribution in [1.29, 1.82) is 0 Å². The van der Waals surface area contributed by atoms with Gasteiger partial charge in [0.25, 0.3) is 0 Å². The number of ketones is 1. The summed E-state index contributed by atoms with van der Waals surface area (Å²) in [6, 6.07) is 4.74. The Balaban J connectivity index is 0.000000647. The highest BCUT2D eigenvalue weighted by Gasteiger charge is 2.34. The van der Waals surface area contributed by atoms with E-state index in [9.17, 15) is 22.8 Å². The first-order valence-electron chi connectivity index (χ1n) is 9.88. The van der Waals surface area contributed by atoms with E-state index in [0.717, 1.165) is 12.5 Å². The van der Waals surface area contributed by atoms with E-state index in [2.05, 4.69) is 31.6 Å². The van der Waals surface area contributed by atoms with Crippen LogP contribution in [0.4, 0.5) is 18.0 Å². The average Bonchev–Trinajstić information content (AvgIpc) is 2.70. The standard InChI is InChI=1S/C12H24N4O2S.C9H6BrF3O/c1-12(2,3)18-11(17)14-8-6-7-13-10(19)15-9-16(4)5;10-5-8(14)6-3-1-2-4-7(6)9(11,12)13/h9H,6-8H2,1-5H3,(H,13,19)(H,14,17);1-4H,5H2/b15-9+;. The molecule has 0 aliphatic rings. The van der Waals surface area contributed by atoms with Crippen LogP contribution < -0.4 is 10.6 Å². The van der Waals surface area contributed by atoms with Crippen LogP contribution in [0, 0.1) is 0 Å². The van der Waals surface area contributed by atoms with E-state index in [0.29, 0.717) is 18.2 Å². The average molecular weight is 555 g/mol. The van der Waals surface area contributed by atoms with Crippen molar-refractivity contribution < 1.29 is 27.5 Å². The number of Topliss-reactive ketones (excluding diaryl/α,β-unsaturated/α-hetero) is 1. The zero-order chi connectivity index (χ0) is 25.7. The predicted octanol–water partition coefficient (Wildman–Crippen LogP) is 4.65. The maximum Gasteiger partial charge on any atom is 0.417 e. The molecule has 0 saturated carbocycles. The molecule has 0 fully saturated rings. The Labute approximate surface area is 206 Å². The summed E-state index contributed by atoms with van der Waals surface area (Å²) in [4.78, 5) is 28.3. The third kappa shape index (κ3) is 15.3. The van der Waals surface area contributed by atoms with Crippen LogP contribution in [-0.2, 0) is 10.9 Å². The van der Waals surface area contributed by atoms with Crippen LogP contribution in [0.25, 0.3) is 0 Å². The molecule has 1 amide bonds. The van der Waals surface area contributed by atoms with Gasteiger partial charge in [-0.2, -0.15) is 13.2 Å². The molecule has 0 heterocycles. The van der Waals surface area contributed by atoms with Crippen molar-refractivity contribution in [2.75, 3.05) is 32.5 Å². The number of benzene rings is 1. The molecule has 12 heteroatoms. The molecule has 1 aromatic rings. The first kappa shape index (κ1) is 30.8. The summed E-state index contributed by atoms with van der Waals surface area (Å²) in [6.45, 7) is 6.67. The minimum absolute atomic E-state index is 0.111. The number of carbonyl (C=O) groups is 2. The summed E-state index contributed by atoms with van der Waals surface area (Å²) >= 11 is 7.83. The summed E-state index contributed by atoms with van der Waals surface area (Å²) in [5.74, 6) is -0.571. The van der Waals surface area contributed by atoms with Crippen LogP contribution in [-0.4, -0.2) is 66.3 Å². The first-order chi connectivity index (χ1) is 15.2. The number of nitrogens with zero attached hydrogens (tertiary/aromatic N) is 2.